The van der Waals surface area contributed by atoms with Crippen molar-refractivity contribution in [2.24, 2.45) is 0 Å². The first-order valence-corrected chi connectivity index (χ1v) is 6.95. The number of carbonyl (C=O) groups is 1. The number of carbonyl (C=O) groups excluding carboxylic acids is 1. The van der Waals surface area contributed by atoms with Crippen molar-refractivity contribution in [2.75, 3.05) is 6.61 Å². The lowest BCUT2D eigenvalue weighted by Crippen LogP contribution is -2.36. The minimum atomic E-state index is -0.584. The molecule has 0 aliphatic rings. The van der Waals surface area contributed by atoms with Crippen LogP contribution in [0.5, 0.6) is 0 Å². The van der Waals surface area contributed by atoms with Crippen LogP contribution in [-0.2, 0) is 4.74 Å². The van der Waals surface area contributed by atoms with Crippen molar-refractivity contribution in [1.82, 2.24) is 5.32 Å². The summed E-state index contributed by atoms with van der Waals surface area (Å²) >= 11 is 9.25. The van der Waals surface area contributed by atoms with Gasteiger partial charge in [-0.3, -0.25) is 0 Å². The van der Waals surface area contributed by atoms with E-state index in [1.807, 2.05) is 0 Å². The molecule has 1 rings (SSSR count). The molecule has 1 aromatic rings. The number of halogens is 2. The predicted octanol–water partition coefficient (Wildman–Crippen LogP) is 3.66. The number of hydrogen-bond acceptors (Lipinski definition) is 3. The Kier molecular flexibility index (Phi) is 5.64. The lowest BCUT2D eigenvalue weighted by molar-refractivity contribution is 0.0482. The second-order valence-corrected chi connectivity index (χ2v) is 6.44. The van der Waals surface area contributed by atoms with Crippen molar-refractivity contribution in [3.63, 3.8) is 0 Å². The van der Waals surface area contributed by atoms with E-state index in [2.05, 4.69) is 21.2 Å². The van der Waals surface area contributed by atoms with Crippen molar-refractivity contribution in [1.29, 1.82) is 0 Å². The summed E-state index contributed by atoms with van der Waals surface area (Å²) in [5.41, 5.74) is 0.117. The van der Waals surface area contributed by atoms with Gasteiger partial charge in [0.1, 0.15) is 5.60 Å². The third-order valence-corrected chi connectivity index (χ3v) is 2.84. The third kappa shape index (κ3) is 5.80. The molecule has 4 nitrogen and oxygen atoms in total. The van der Waals surface area contributed by atoms with Gasteiger partial charge < -0.3 is 15.2 Å². The first-order chi connectivity index (χ1) is 8.71. The zero-order valence-corrected chi connectivity index (χ0v) is 13.4. The minimum Gasteiger partial charge on any atom is -0.444 e. The van der Waals surface area contributed by atoms with E-state index in [0.717, 1.165) is 4.47 Å². The minimum absolute atomic E-state index is 0.244. The van der Waals surface area contributed by atoms with Gasteiger partial charge in [0, 0.05) is 9.50 Å². The summed E-state index contributed by atoms with van der Waals surface area (Å²) in [7, 11) is 0. The van der Waals surface area contributed by atoms with Crippen molar-refractivity contribution < 1.29 is 14.6 Å². The molecule has 0 aliphatic heterocycles. The molecule has 6 heteroatoms. The molecule has 0 radical (unpaired) electrons. The van der Waals surface area contributed by atoms with Gasteiger partial charge >= 0.3 is 6.09 Å². The van der Waals surface area contributed by atoms with Gasteiger partial charge in [0.15, 0.2) is 0 Å². The molecule has 0 bridgehead atoms. The highest BCUT2D eigenvalue weighted by Gasteiger charge is 2.20. The van der Waals surface area contributed by atoms with E-state index >= 15 is 0 Å². The fourth-order valence-corrected chi connectivity index (χ4v) is 2.35. The molecule has 1 atom stereocenters. The Hall–Kier alpha value is -0.780. The van der Waals surface area contributed by atoms with E-state index in [0.29, 0.717) is 10.6 Å². The Balaban J connectivity index is 2.81. The molecule has 0 saturated heterocycles. The van der Waals surface area contributed by atoms with Crippen molar-refractivity contribution in [3.8, 4) is 0 Å². The molecule has 0 unspecified atom stereocenters. The highest BCUT2D eigenvalue weighted by atomic mass is 79.9. The average Bonchev–Trinajstić information content (AvgIpc) is 2.21. The predicted molar refractivity (Wildman–Crippen MR) is 78.3 cm³/mol. The molecule has 19 heavy (non-hydrogen) atoms. The number of hydrogen-bond donors (Lipinski definition) is 2. The van der Waals surface area contributed by atoms with Gasteiger partial charge in [-0.25, -0.2) is 4.79 Å². The van der Waals surface area contributed by atoms with Crippen LogP contribution in [0.15, 0.2) is 22.7 Å². The third-order valence-electron chi connectivity index (χ3n) is 2.16. The summed E-state index contributed by atoms with van der Waals surface area (Å²) in [5, 5.41) is 12.5. The number of aliphatic hydroxyl groups excluding tert-OH is 1. The normalized spacial score (nSPS) is 12.9. The first kappa shape index (κ1) is 16.3. The maximum Gasteiger partial charge on any atom is 0.408 e. The largest absolute Gasteiger partial charge is 0.444 e. The van der Waals surface area contributed by atoms with Crippen LogP contribution in [0.2, 0.25) is 5.02 Å². The number of rotatable bonds is 3. The molecule has 0 aliphatic carbocycles. The van der Waals surface area contributed by atoms with Crippen LogP contribution in [0.4, 0.5) is 4.79 Å². The monoisotopic (exact) mass is 349 g/mol. The summed E-state index contributed by atoms with van der Waals surface area (Å²) in [6, 6.07) is 4.63. The second kappa shape index (κ2) is 6.59. The summed E-state index contributed by atoms with van der Waals surface area (Å²) in [6.07, 6.45) is -0.581. The fourth-order valence-electron chi connectivity index (χ4n) is 1.46. The number of aliphatic hydroxyl groups is 1. The smallest absolute Gasteiger partial charge is 0.408 e. The standard InChI is InChI=1S/C13H17BrClNO3/c1-13(2,3)19-12(18)16-11(7-17)8-4-9(14)6-10(15)5-8/h4-6,11,17H,7H2,1-3H3,(H,16,18)/t11-/m0/s1. The number of ether oxygens (including phenoxy) is 1. The average molecular weight is 351 g/mol. The SMILES string of the molecule is CC(C)(C)OC(=O)N[C@@H](CO)c1cc(Cl)cc(Br)c1. The maximum absolute atomic E-state index is 11.7. The van der Waals surface area contributed by atoms with Gasteiger partial charge in [-0.05, 0) is 44.5 Å². The van der Waals surface area contributed by atoms with Gasteiger partial charge in [-0.2, -0.15) is 0 Å². The molecule has 0 spiro atoms. The lowest BCUT2D eigenvalue weighted by Gasteiger charge is -2.23. The summed E-state index contributed by atoms with van der Waals surface area (Å²) in [6.45, 7) is 5.08. The van der Waals surface area contributed by atoms with E-state index < -0.39 is 17.7 Å². The molecule has 0 heterocycles. The van der Waals surface area contributed by atoms with E-state index in [-0.39, 0.29) is 6.61 Å². The Morgan fingerprint density at radius 1 is 1.47 bits per heavy atom. The second-order valence-electron chi connectivity index (χ2n) is 5.08. The number of nitrogens with one attached hydrogen (secondary N) is 1. The molecule has 106 valence electrons. The van der Waals surface area contributed by atoms with Crippen molar-refractivity contribution >= 4 is 33.6 Å². The van der Waals surface area contributed by atoms with E-state index in [1.54, 1.807) is 39.0 Å². The van der Waals surface area contributed by atoms with Crippen LogP contribution < -0.4 is 5.32 Å². The van der Waals surface area contributed by atoms with Gasteiger partial charge in [-0.1, -0.05) is 27.5 Å². The Morgan fingerprint density at radius 2 is 2.11 bits per heavy atom. The molecule has 0 aromatic heterocycles. The Bertz CT molecular complexity index is 439. The lowest BCUT2D eigenvalue weighted by atomic mass is 10.1. The zero-order chi connectivity index (χ0) is 14.6. The molecular formula is C13H17BrClNO3. The number of benzene rings is 1. The van der Waals surface area contributed by atoms with Crippen LogP contribution in [0.1, 0.15) is 32.4 Å². The summed E-state index contributed by atoms with van der Waals surface area (Å²) in [5.74, 6) is 0. The van der Waals surface area contributed by atoms with Crippen molar-refractivity contribution in [3.05, 3.63) is 33.3 Å². The quantitative estimate of drug-likeness (QED) is 0.874. The fraction of sp³-hybridized carbons (Fsp3) is 0.462. The molecule has 2 N–H and O–H groups in total. The van der Waals surface area contributed by atoms with Crippen LogP contribution in [0.25, 0.3) is 0 Å². The first-order valence-electron chi connectivity index (χ1n) is 5.77. The van der Waals surface area contributed by atoms with Gasteiger partial charge in [0.2, 0.25) is 0 Å². The highest BCUT2D eigenvalue weighted by Crippen LogP contribution is 2.24. The molecular weight excluding hydrogens is 334 g/mol. The van der Waals surface area contributed by atoms with E-state index in [1.165, 1.54) is 0 Å². The molecule has 1 amide bonds. The molecule has 0 fully saturated rings. The molecule has 1 aromatic carbocycles. The summed E-state index contributed by atoms with van der Waals surface area (Å²) in [4.78, 5) is 11.7. The van der Waals surface area contributed by atoms with E-state index in [9.17, 15) is 9.90 Å². The summed E-state index contributed by atoms with van der Waals surface area (Å²) < 4.78 is 5.92. The maximum atomic E-state index is 11.7. The molecule has 0 saturated carbocycles. The number of amides is 1. The topological polar surface area (TPSA) is 58.6 Å². The van der Waals surface area contributed by atoms with Crippen LogP contribution in [0.3, 0.4) is 0 Å². The van der Waals surface area contributed by atoms with Crippen LogP contribution >= 0.6 is 27.5 Å². The number of alkyl carbamates (subject to hydrolysis) is 1. The van der Waals surface area contributed by atoms with Gasteiger partial charge in [0.05, 0.1) is 12.6 Å². The zero-order valence-electron chi connectivity index (χ0n) is 11.0. The highest BCUT2D eigenvalue weighted by molar-refractivity contribution is 9.10. The Labute approximate surface area is 126 Å². The van der Waals surface area contributed by atoms with Crippen LogP contribution in [-0.4, -0.2) is 23.4 Å². The van der Waals surface area contributed by atoms with Gasteiger partial charge in [0.25, 0.3) is 0 Å². The van der Waals surface area contributed by atoms with Gasteiger partial charge in [-0.15, -0.1) is 0 Å². The van der Waals surface area contributed by atoms with Crippen LogP contribution in [0, 0.1) is 0 Å². The van der Waals surface area contributed by atoms with E-state index in [4.69, 9.17) is 16.3 Å². The Morgan fingerprint density at radius 3 is 2.58 bits per heavy atom. The van der Waals surface area contributed by atoms with Crippen molar-refractivity contribution in [2.45, 2.75) is 32.4 Å².